The lowest BCUT2D eigenvalue weighted by atomic mass is 10.2. The van der Waals surface area contributed by atoms with Crippen LogP contribution in [0.5, 0.6) is 0 Å². The molecule has 0 aliphatic heterocycles. The molecule has 0 amide bonds. The summed E-state index contributed by atoms with van der Waals surface area (Å²) in [6.45, 7) is 15.2. The average Bonchev–Trinajstić information content (AvgIpc) is 2.64. The van der Waals surface area contributed by atoms with Gasteiger partial charge in [-0.2, -0.15) is 5.10 Å². The molecule has 0 bridgehead atoms. The second-order valence-corrected chi connectivity index (χ2v) is 5.73. The summed E-state index contributed by atoms with van der Waals surface area (Å²) in [5.41, 5.74) is 2.29. The van der Waals surface area contributed by atoms with Gasteiger partial charge in [-0.05, 0) is 46.6 Å². The fourth-order valence-electron chi connectivity index (χ4n) is 2.05. The molecule has 20 heavy (non-hydrogen) atoms. The first-order chi connectivity index (χ1) is 9.42. The highest BCUT2D eigenvalue weighted by Crippen LogP contribution is 2.06. The number of nitrogens with zero attached hydrogens (tertiary/aromatic N) is 3. The lowest BCUT2D eigenvalue weighted by molar-refractivity contribution is 0.449. The molecule has 0 aromatic carbocycles. The van der Waals surface area contributed by atoms with Gasteiger partial charge in [0.1, 0.15) is 0 Å². The maximum absolute atomic E-state index is 4.64. The number of aryl methyl sites for hydroxylation is 2. The Kier molecular flexibility index (Phi) is 6.55. The Labute approximate surface area is 122 Å². The molecular weight excluding hydrogens is 250 g/mol. The summed E-state index contributed by atoms with van der Waals surface area (Å²) in [6.07, 6.45) is 0. The normalized spacial score (nSPS) is 13.7. The van der Waals surface area contributed by atoms with Gasteiger partial charge >= 0.3 is 0 Å². The van der Waals surface area contributed by atoms with E-state index < -0.39 is 0 Å². The van der Waals surface area contributed by atoms with Crippen LogP contribution in [-0.2, 0) is 6.54 Å². The molecule has 0 aliphatic rings. The van der Waals surface area contributed by atoms with E-state index in [-0.39, 0.29) is 0 Å². The molecule has 0 fully saturated rings. The number of guanidine groups is 1. The van der Waals surface area contributed by atoms with Crippen LogP contribution < -0.4 is 10.6 Å². The molecule has 0 radical (unpaired) electrons. The topological polar surface area (TPSA) is 54.2 Å². The highest BCUT2D eigenvalue weighted by Gasteiger charge is 2.07. The minimum atomic E-state index is 0.388. The van der Waals surface area contributed by atoms with Crippen molar-refractivity contribution in [2.45, 2.75) is 54.1 Å². The van der Waals surface area contributed by atoms with E-state index in [1.165, 1.54) is 5.69 Å². The lowest BCUT2D eigenvalue weighted by Gasteiger charge is -2.16. The van der Waals surface area contributed by atoms with Gasteiger partial charge in [-0.15, -0.1) is 0 Å². The molecule has 0 saturated heterocycles. The van der Waals surface area contributed by atoms with Crippen molar-refractivity contribution in [2.75, 3.05) is 13.1 Å². The Hall–Kier alpha value is -1.52. The average molecular weight is 279 g/mol. The maximum atomic E-state index is 4.64. The van der Waals surface area contributed by atoms with E-state index >= 15 is 0 Å². The number of nitrogens with one attached hydrogen (secondary N) is 2. The van der Waals surface area contributed by atoms with E-state index in [1.807, 2.05) is 6.92 Å². The van der Waals surface area contributed by atoms with Gasteiger partial charge in [-0.25, -0.2) is 0 Å². The van der Waals surface area contributed by atoms with Crippen molar-refractivity contribution < 1.29 is 0 Å². The van der Waals surface area contributed by atoms with Gasteiger partial charge in [0.25, 0.3) is 0 Å². The van der Waals surface area contributed by atoms with E-state index in [9.17, 15) is 0 Å². The van der Waals surface area contributed by atoms with Gasteiger partial charge in [0.2, 0.25) is 0 Å². The first kappa shape index (κ1) is 16.5. The summed E-state index contributed by atoms with van der Waals surface area (Å²) in [5, 5.41) is 11.1. The lowest BCUT2D eigenvalue weighted by Crippen LogP contribution is -2.41. The fraction of sp³-hybridized carbons (Fsp3) is 0.733. The highest BCUT2D eigenvalue weighted by molar-refractivity contribution is 5.79. The van der Waals surface area contributed by atoms with E-state index in [2.05, 4.69) is 66.1 Å². The number of aliphatic imine (C=N–C) groups is 1. The van der Waals surface area contributed by atoms with Crippen LogP contribution in [0.2, 0.25) is 0 Å². The van der Waals surface area contributed by atoms with Crippen molar-refractivity contribution in [1.29, 1.82) is 0 Å². The Balaban J connectivity index is 2.55. The molecule has 2 N–H and O–H groups in total. The summed E-state index contributed by atoms with van der Waals surface area (Å²) in [6, 6.07) is 2.50. The summed E-state index contributed by atoms with van der Waals surface area (Å²) in [7, 11) is 0. The number of hydrogen-bond donors (Lipinski definition) is 2. The van der Waals surface area contributed by atoms with Crippen LogP contribution in [0.4, 0.5) is 0 Å². The standard InChI is InChI=1S/C15H29N5/c1-7-16-15(18-11(2)3)17-9-12(4)10-20-14(6)8-13(5)19-20/h8,11-12H,7,9-10H2,1-6H3,(H2,16,17,18). The molecule has 1 unspecified atom stereocenters. The Morgan fingerprint density at radius 3 is 2.55 bits per heavy atom. The summed E-state index contributed by atoms with van der Waals surface area (Å²) >= 11 is 0. The Morgan fingerprint density at radius 2 is 2.05 bits per heavy atom. The van der Waals surface area contributed by atoms with Gasteiger partial charge in [-0.1, -0.05) is 6.92 Å². The van der Waals surface area contributed by atoms with Gasteiger partial charge in [0.05, 0.1) is 5.69 Å². The van der Waals surface area contributed by atoms with Gasteiger partial charge in [-0.3, -0.25) is 9.67 Å². The second kappa shape index (κ2) is 7.92. The SMILES string of the molecule is CCNC(=NCC(C)Cn1nc(C)cc1C)NC(C)C. The molecule has 1 atom stereocenters. The molecule has 114 valence electrons. The third kappa shape index (κ3) is 5.63. The van der Waals surface area contributed by atoms with Crippen molar-refractivity contribution in [1.82, 2.24) is 20.4 Å². The van der Waals surface area contributed by atoms with Crippen molar-refractivity contribution in [3.05, 3.63) is 17.5 Å². The zero-order valence-corrected chi connectivity index (χ0v) is 13.7. The predicted molar refractivity (Wildman–Crippen MR) is 85.1 cm³/mol. The van der Waals surface area contributed by atoms with Crippen LogP contribution in [0.1, 0.15) is 39.1 Å². The summed E-state index contributed by atoms with van der Waals surface area (Å²) < 4.78 is 2.07. The number of hydrogen-bond acceptors (Lipinski definition) is 2. The van der Waals surface area contributed by atoms with E-state index in [0.717, 1.165) is 31.3 Å². The minimum absolute atomic E-state index is 0.388. The molecular formula is C15H29N5. The summed E-state index contributed by atoms with van der Waals surface area (Å²) in [5.74, 6) is 1.35. The number of aromatic nitrogens is 2. The van der Waals surface area contributed by atoms with Crippen LogP contribution in [-0.4, -0.2) is 34.9 Å². The van der Waals surface area contributed by atoms with Crippen LogP contribution in [0.3, 0.4) is 0 Å². The minimum Gasteiger partial charge on any atom is -0.357 e. The van der Waals surface area contributed by atoms with Crippen LogP contribution >= 0.6 is 0 Å². The molecule has 1 aromatic heterocycles. The van der Waals surface area contributed by atoms with Gasteiger partial charge in [0, 0.05) is 31.4 Å². The second-order valence-electron chi connectivity index (χ2n) is 5.73. The summed E-state index contributed by atoms with van der Waals surface area (Å²) in [4.78, 5) is 4.64. The first-order valence-electron chi connectivity index (χ1n) is 7.48. The smallest absolute Gasteiger partial charge is 0.191 e. The fourth-order valence-corrected chi connectivity index (χ4v) is 2.05. The zero-order valence-electron chi connectivity index (χ0n) is 13.7. The van der Waals surface area contributed by atoms with Crippen molar-refractivity contribution in [2.24, 2.45) is 10.9 Å². The van der Waals surface area contributed by atoms with Crippen LogP contribution in [0.15, 0.2) is 11.1 Å². The third-order valence-electron chi connectivity index (χ3n) is 2.92. The van der Waals surface area contributed by atoms with E-state index in [4.69, 9.17) is 0 Å². The molecule has 0 spiro atoms. The van der Waals surface area contributed by atoms with Gasteiger partial charge in [0.15, 0.2) is 5.96 Å². The zero-order chi connectivity index (χ0) is 15.1. The van der Waals surface area contributed by atoms with Gasteiger partial charge < -0.3 is 10.6 Å². The quantitative estimate of drug-likeness (QED) is 0.619. The molecule has 0 aliphatic carbocycles. The molecule has 0 saturated carbocycles. The monoisotopic (exact) mass is 279 g/mol. The van der Waals surface area contributed by atoms with Crippen LogP contribution in [0.25, 0.3) is 0 Å². The van der Waals surface area contributed by atoms with Crippen molar-refractivity contribution in [3.8, 4) is 0 Å². The first-order valence-corrected chi connectivity index (χ1v) is 7.48. The van der Waals surface area contributed by atoms with Crippen molar-refractivity contribution in [3.63, 3.8) is 0 Å². The molecule has 5 nitrogen and oxygen atoms in total. The van der Waals surface area contributed by atoms with E-state index in [0.29, 0.717) is 12.0 Å². The largest absolute Gasteiger partial charge is 0.357 e. The predicted octanol–water partition coefficient (Wildman–Crippen LogP) is 2.10. The molecule has 1 heterocycles. The number of rotatable bonds is 6. The van der Waals surface area contributed by atoms with Crippen molar-refractivity contribution >= 4 is 5.96 Å². The van der Waals surface area contributed by atoms with E-state index in [1.54, 1.807) is 0 Å². The third-order valence-corrected chi connectivity index (χ3v) is 2.92. The van der Waals surface area contributed by atoms with Crippen LogP contribution in [0, 0.1) is 19.8 Å². The molecule has 1 aromatic rings. The molecule has 5 heteroatoms. The molecule has 1 rings (SSSR count). The maximum Gasteiger partial charge on any atom is 0.191 e. The Morgan fingerprint density at radius 1 is 1.35 bits per heavy atom. The Bertz CT molecular complexity index is 433. The highest BCUT2D eigenvalue weighted by atomic mass is 15.3.